The fourth-order valence-electron chi connectivity index (χ4n) is 3.31. The Bertz CT molecular complexity index is 407. The molecule has 3 rings (SSSR count). The van der Waals surface area contributed by atoms with Gasteiger partial charge in [0.2, 0.25) is 0 Å². The summed E-state index contributed by atoms with van der Waals surface area (Å²) < 4.78 is 1.23. The zero-order chi connectivity index (χ0) is 11.8. The van der Waals surface area contributed by atoms with Crippen LogP contribution < -0.4 is 5.32 Å². The SMILES string of the molecule is CN1CC[C@@H]2CN[C@H](c3ccccc3Br)C[C@@H]21. The number of hydrogen-bond acceptors (Lipinski definition) is 2. The molecule has 2 heterocycles. The van der Waals surface area contributed by atoms with E-state index in [4.69, 9.17) is 0 Å². The van der Waals surface area contributed by atoms with Gasteiger partial charge >= 0.3 is 0 Å². The molecule has 0 bridgehead atoms. The van der Waals surface area contributed by atoms with Crippen LogP contribution in [0.5, 0.6) is 0 Å². The lowest BCUT2D eigenvalue weighted by molar-refractivity contribution is 0.193. The lowest BCUT2D eigenvalue weighted by atomic mass is 9.87. The molecule has 2 fully saturated rings. The smallest absolute Gasteiger partial charge is 0.0346 e. The third-order valence-corrected chi connectivity index (χ3v) is 5.07. The summed E-state index contributed by atoms with van der Waals surface area (Å²) in [5, 5.41) is 3.71. The zero-order valence-corrected chi connectivity index (χ0v) is 11.8. The summed E-state index contributed by atoms with van der Waals surface area (Å²) >= 11 is 3.67. The summed E-state index contributed by atoms with van der Waals surface area (Å²) in [4.78, 5) is 2.54. The van der Waals surface area contributed by atoms with Crippen LogP contribution in [0.4, 0.5) is 0 Å². The van der Waals surface area contributed by atoms with E-state index in [1.165, 1.54) is 36.0 Å². The third-order valence-electron chi connectivity index (χ3n) is 4.35. The molecular formula is C14H19BrN2. The van der Waals surface area contributed by atoms with E-state index in [0.717, 1.165) is 12.0 Å². The molecule has 2 aliphatic heterocycles. The van der Waals surface area contributed by atoms with Crippen LogP contribution in [0.1, 0.15) is 24.4 Å². The van der Waals surface area contributed by atoms with Gasteiger partial charge in [-0.05, 0) is 44.0 Å². The van der Waals surface area contributed by atoms with Crippen LogP contribution >= 0.6 is 15.9 Å². The molecule has 1 aromatic carbocycles. The maximum absolute atomic E-state index is 3.71. The quantitative estimate of drug-likeness (QED) is 0.857. The molecule has 17 heavy (non-hydrogen) atoms. The lowest BCUT2D eigenvalue weighted by Crippen LogP contribution is -2.44. The Balaban J connectivity index is 1.80. The molecule has 0 unspecified atom stereocenters. The van der Waals surface area contributed by atoms with Gasteiger partial charge in [-0.1, -0.05) is 34.1 Å². The van der Waals surface area contributed by atoms with Gasteiger partial charge in [0.05, 0.1) is 0 Å². The predicted octanol–water partition coefficient (Wildman–Crippen LogP) is 2.80. The van der Waals surface area contributed by atoms with E-state index in [9.17, 15) is 0 Å². The van der Waals surface area contributed by atoms with Crippen LogP contribution in [-0.4, -0.2) is 31.1 Å². The second kappa shape index (κ2) is 4.71. The van der Waals surface area contributed by atoms with Crippen molar-refractivity contribution in [3.63, 3.8) is 0 Å². The Kier molecular flexibility index (Phi) is 3.24. The number of benzene rings is 1. The van der Waals surface area contributed by atoms with Crippen LogP contribution in [0, 0.1) is 5.92 Å². The minimum Gasteiger partial charge on any atom is -0.310 e. The normalized spacial score (nSPS) is 33.6. The molecule has 92 valence electrons. The average molecular weight is 295 g/mol. The molecule has 0 aromatic heterocycles. The van der Waals surface area contributed by atoms with Crippen molar-refractivity contribution in [2.75, 3.05) is 20.1 Å². The highest BCUT2D eigenvalue weighted by atomic mass is 79.9. The van der Waals surface area contributed by atoms with E-state index in [-0.39, 0.29) is 0 Å². The minimum absolute atomic E-state index is 0.507. The number of piperidine rings is 1. The molecular weight excluding hydrogens is 276 g/mol. The molecule has 0 saturated carbocycles. The number of halogens is 1. The highest BCUT2D eigenvalue weighted by Gasteiger charge is 2.37. The van der Waals surface area contributed by atoms with Crippen LogP contribution in [0.3, 0.4) is 0 Å². The summed E-state index contributed by atoms with van der Waals surface area (Å²) in [5.41, 5.74) is 1.41. The molecule has 1 aromatic rings. The van der Waals surface area contributed by atoms with Gasteiger partial charge in [-0.2, -0.15) is 0 Å². The highest BCUT2D eigenvalue weighted by Crippen LogP contribution is 2.36. The first-order valence-corrected chi connectivity index (χ1v) is 7.23. The van der Waals surface area contributed by atoms with Crippen molar-refractivity contribution < 1.29 is 0 Å². The van der Waals surface area contributed by atoms with Crippen LogP contribution in [0.25, 0.3) is 0 Å². The highest BCUT2D eigenvalue weighted by molar-refractivity contribution is 9.10. The summed E-state index contributed by atoms with van der Waals surface area (Å²) in [5.74, 6) is 0.860. The minimum atomic E-state index is 0.507. The molecule has 2 nitrogen and oxygen atoms in total. The Morgan fingerprint density at radius 1 is 1.35 bits per heavy atom. The van der Waals surface area contributed by atoms with Crippen LogP contribution in [0.15, 0.2) is 28.7 Å². The topological polar surface area (TPSA) is 15.3 Å². The van der Waals surface area contributed by atoms with Gasteiger partial charge in [0, 0.05) is 23.1 Å². The van der Waals surface area contributed by atoms with E-state index in [2.05, 4.69) is 57.5 Å². The van der Waals surface area contributed by atoms with E-state index in [0.29, 0.717) is 6.04 Å². The van der Waals surface area contributed by atoms with Crippen molar-refractivity contribution >= 4 is 15.9 Å². The standard InChI is InChI=1S/C14H19BrN2/c1-17-7-6-10-9-16-13(8-14(10)17)11-4-2-3-5-12(11)15/h2-5,10,13-14,16H,6-9H2,1H3/t10-,13+,14+/m1/s1. The van der Waals surface area contributed by atoms with Crippen molar-refractivity contribution in [2.24, 2.45) is 5.92 Å². The largest absolute Gasteiger partial charge is 0.310 e. The number of fused-ring (bicyclic) bond motifs is 1. The van der Waals surface area contributed by atoms with Gasteiger partial charge in [0.25, 0.3) is 0 Å². The number of nitrogens with one attached hydrogen (secondary N) is 1. The molecule has 0 amide bonds. The summed E-state index contributed by atoms with van der Waals surface area (Å²) in [6, 6.07) is 9.87. The molecule has 1 N–H and O–H groups in total. The summed E-state index contributed by atoms with van der Waals surface area (Å²) in [7, 11) is 2.27. The van der Waals surface area contributed by atoms with Crippen molar-refractivity contribution in [2.45, 2.75) is 24.9 Å². The second-order valence-corrected chi connectivity index (χ2v) is 6.17. The monoisotopic (exact) mass is 294 g/mol. The Hall–Kier alpha value is -0.380. The molecule has 0 aliphatic carbocycles. The number of nitrogens with zero attached hydrogens (tertiary/aromatic N) is 1. The van der Waals surface area contributed by atoms with Gasteiger partial charge in [0.1, 0.15) is 0 Å². The maximum Gasteiger partial charge on any atom is 0.0346 e. The van der Waals surface area contributed by atoms with E-state index in [1.54, 1.807) is 0 Å². The zero-order valence-electron chi connectivity index (χ0n) is 10.2. The first kappa shape index (κ1) is 11.7. The fourth-order valence-corrected chi connectivity index (χ4v) is 3.87. The van der Waals surface area contributed by atoms with Gasteiger partial charge < -0.3 is 10.2 Å². The van der Waals surface area contributed by atoms with Crippen molar-refractivity contribution in [3.8, 4) is 0 Å². The molecule has 3 atom stereocenters. The number of rotatable bonds is 1. The maximum atomic E-state index is 3.71. The van der Waals surface area contributed by atoms with Gasteiger partial charge in [-0.3, -0.25) is 0 Å². The molecule has 0 spiro atoms. The Morgan fingerprint density at radius 2 is 2.18 bits per heavy atom. The van der Waals surface area contributed by atoms with Crippen molar-refractivity contribution in [1.29, 1.82) is 0 Å². The first-order chi connectivity index (χ1) is 8.25. The molecule has 2 aliphatic rings. The number of likely N-dealkylation sites (tertiary alicyclic amines) is 1. The third kappa shape index (κ3) is 2.16. The first-order valence-electron chi connectivity index (χ1n) is 6.44. The van der Waals surface area contributed by atoms with Crippen LogP contribution in [-0.2, 0) is 0 Å². The molecule has 3 heteroatoms. The number of hydrogen-bond donors (Lipinski definition) is 1. The van der Waals surface area contributed by atoms with Crippen molar-refractivity contribution in [3.05, 3.63) is 34.3 Å². The second-order valence-electron chi connectivity index (χ2n) is 5.31. The summed E-state index contributed by atoms with van der Waals surface area (Å²) in [6.07, 6.45) is 2.60. The van der Waals surface area contributed by atoms with Crippen molar-refractivity contribution in [1.82, 2.24) is 10.2 Å². The van der Waals surface area contributed by atoms with Gasteiger partial charge in [-0.15, -0.1) is 0 Å². The van der Waals surface area contributed by atoms with E-state index in [1.807, 2.05) is 0 Å². The van der Waals surface area contributed by atoms with E-state index < -0.39 is 0 Å². The average Bonchev–Trinajstić information content (AvgIpc) is 2.71. The Labute approximate surface area is 112 Å². The van der Waals surface area contributed by atoms with Gasteiger partial charge in [0.15, 0.2) is 0 Å². The molecule has 0 radical (unpaired) electrons. The molecule has 2 saturated heterocycles. The lowest BCUT2D eigenvalue weighted by Gasteiger charge is -2.36. The van der Waals surface area contributed by atoms with Gasteiger partial charge in [-0.25, -0.2) is 0 Å². The fraction of sp³-hybridized carbons (Fsp3) is 0.571. The predicted molar refractivity (Wildman–Crippen MR) is 74.0 cm³/mol. The summed E-state index contributed by atoms with van der Waals surface area (Å²) in [6.45, 7) is 2.43. The Morgan fingerprint density at radius 3 is 3.00 bits per heavy atom. The van der Waals surface area contributed by atoms with E-state index >= 15 is 0 Å². The van der Waals surface area contributed by atoms with Crippen LogP contribution in [0.2, 0.25) is 0 Å².